The molecule has 0 saturated heterocycles. The zero-order chi connectivity index (χ0) is 13.9. The van der Waals surface area contributed by atoms with Gasteiger partial charge in [0.05, 0.1) is 24.1 Å². The molecule has 0 aliphatic rings. The SMILES string of the molecule is CCNCc1ccc(Cn2c(C)nc3ccccc32)o1. The maximum atomic E-state index is 5.85. The van der Waals surface area contributed by atoms with Crippen LogP contribution in [0.25, 0.3) is 11.0 Å². The minimum atomic E-state index is 0.721. The van der Waals surface area contributed by atoms with E-state index in [1.165, 1.54) is 0 Å². The van der Waals surface area contributed by atoms with Gasteiger partial charge in [-0.1, -0.05) is 19.1 Å². The summed E-state index contributed by atoms with van der Waals surface area (Å²) in [6, 6.07) is 12.3. The van der Waals surface area contributed by atoms with Crippen LogP contribution in [0.5, 0.6) is 0 Å². The number of aromatic nitrogens is 2. The molecule has 2 aromatic heterocycles. The average molecular weight is 269 g/mol. The lowest BCUT2D eigenvalue weighted by molar-refractivity contribution is 0.440. The molecule has 0 bridgehead atoms. The smallest absolute Gasteiger partial charge is 0.124 e. The number of hydrogen-bond acceptors (Lipinski definition) is 3. The van der Waals surface area contributed by atoms with Gasteiger partial charge in [-0.15, -0.1) is 0 Å². The third-order valence-electron chi connectivity index (χ3n) is 3.43. The van der Waals surface area contributed by atoms with Gasteiger partial charge in [0.2, 0.25) is 0 Å². The number of furan rings is 1. The third-order valence-corrected chi connectivity index (χ3v) is 3.43. The number of nitrogens with zero attached hydrogens (tertiary/aromatic N) is 2. The van der Waals surface area contributed by atoms with Crippen molar-refractivity contribution in [3.05, 3.63) is 53.7 Å². The lowest BCUT2D eigenvalue weighted by Gasteiger charge is -2.04. The number of rotatable bonds is 5. The van der Waals surface area contributed by atoms with Crippen LogP contribution in [0, 0.1) is 6.92 Å². The van der Waals surface area contributed by atoms with E-state index in [2.05, 4.69) is 27.9 Å². The molecule has 0 atom stereocenters. The second-order valence-electron chi connectivity index (χ2n) is 4.88. The summed E-state index contributed by atoms with van der Waals surface area (Å²) in [5.41, 5.74) is 2.18. The van der Waals surface area contributed by atoms with Crippen molar-refractivity contribution >= 4 is 11.0 Å². The van der Waals surface area contributed by atoms with Crippen LogP contribution in [0.3, 0.4) is 0 Å². The van der Waals surface area contributed by atoms with Crippen LogP contribution in [-0.4, -0.2) is 16.1 Å². The quantitative estimate of drug-likeness (QED) is 0.774. The van der Waals surface area contributed by atoms with Crippen LogP contribution in [0.15, 0.2) is 40.8 Å². The Bertz CT molecular complexity index is 711. The van der Waals surface area contributed by atoms with E-state index in [0.717, 1.165) is 48.0 Å². The van der Waals surface area contributed by atoms with Crippen molar-refractivity contribution in [1.29, 1.82) is 0 Å². The van der Waals surface area contributed by atoms with Crippen molar-refractivity contribution < 1.29 is 4.42 Å². The first-order valence-electron chi connectivity index (χ1n) is 6.98. The molecule has 2 heterocycles. The Balaban J connectivity index is 1.85. The summed E-state index contributed by atoms with van der Waals surface area (Å²) < 4.78 is 8.04. The second kappa shape index (κ2) is 5.51. The van der Waals surface area contributed by atoms with Crippen LogP contribution in [0.1, 0.15) is 24.3 Å². The molecule has 0 unspecified atom stereocenters. The minimum absolute atomic E-state index is 0.721. The highest BCUT2D eigenvalue weighted by Crippen LogP contribution is 2.18. The standard InChI is InChI=1S/C16H19N3O/c1-3-17-10-13-8-9-14(20-13)11-19-12(2)18-15-6-4-5-7-16(15)19/h4-9,17H,3,10-11H2,1-2H3. The molecule has 0 amide bonds. The van der Waals surface area contributed by atoms with E-state index in [4.69, 9.17) is 4.42 Å². The molecule has 0 saturated carbocycles. The van der Waals surface area contributed by atoms with Crippen LogP contribution in [0.4, 0.5) is 0 Å². The van der Waals surface area contributed by atoms with Crippen molar-refractivity contribution in [2.75, 3.05) is 6.54 Å². The van der Waals surface area contributed by atoms with Crippen molar-refractivity contribution in [1.82, 2.24) is 14.9 Å². The highest BCUT2D eigenvalue weighted by molar-refractivity contribution is 5.75. The maximum absolute atomic E-state index is 5.85. The van der Waals surface area contributed by atoms with Crippen LogP contribution in [-0.2, 0) is 13.1 Å². The van der Waals surface area contributed by atoms with Crippen molar-refractivity contribution in [3.63, 3.8) is 0 Å². The van der Waals surface area contributed by atoms with Gasteiger partial charge in [-0.2, -0.15) is 0 Å². The maximum Gasteiger partial charge on any atom is 0.124 e. The fourth-order valence-electron chi connectivity index (χ4n) is 2.40. The van der Waals surface area contributed by atoms with Gasteiger partial charge in [0.25, 0.3) is 0 Å². The van der Waals surface area contributed by atoms with Crippen LogP contribution < -0.4 is 5.32 Å². The summed E-state index contributed by atoms with van der Waals surface area (Å²) in [6.45, 7) is 6.56. The molecule has 1 aromatic carbocycles. The monoisotopic (exact) mass is 269 g/mol. The molecule has 0 aliphatic carbocycles. The van der Waals surface area contributed by atoms with Gasteiger partial charge in [-0.3, -0.25) is 0 Å². The fraction of sp³-hybridized carbons (Fsp3) is 0.312. The van der Waals surface area contributed by atoms with E-state index in [1.54, 1.807) is 0 Å². The molecule has 104 valence electrons. The molecule has 0 fully saturated rings. The highest BCUT2D eigenvalue weighted by atomic mass is 16.3. The number of benzene rings is 1. The molecule has 4 nitrogen and oxygen atoms in total. The summed E-state index contributed by atoms with van der Waals surface area (Å²) >= 11 is 0. The molecule has 3 aromatic rings. The third kappa shape index (κ3) is 2.47. The Hall–Kier alpha value is -2.07. The first-order chi connectivity index (χ1) is 9.78. The molecule has 3 rings (SSSR count). The van der Waals surface area contributed by atoms with Gasteiger partial charge in [0.15, 0.2) is 0 Å². The lowest BCUT2D eigenvalue weighted by Crippen LogP contribution is -2.10. The van der Waals surface area contributed by atoms with Crippen LogP contribution >= 0.6 is 0 Å². The molecule has 20 heavy (non-hydrogen) atoms. The van der Waals surface area contributed by atoms with Gasteiger partial charge in [0.1, 0.15) is 17.3 Å². The number of aryl methyl sites for hydroxylation is 1. The average Bonchev–Trinajstić information content (AvgIpc) is 3.02. The summed E-state index contributed by atoms with van der Waals surface area (Å²) in [5, 5.41) is 3.26. The molecule has 0 radical (unpaired) electrons. The van der Waals surface area contributed by atoms with Gasteiger partial charge in [-0.05, 0) is 37.7 Å². The van der Waals surface area contributed by atoms with E-state index in [1.807, 2.05) is 37.3 Å². The van der Waals surface area contributed by atoms with Gasteiger partial charge < -0.3 is 14.3 Å². The van der Waals surface area contributed by atoms with E-state index in [9.17, 15) is 0 Å². The predicted octanol–water partition coefficient (Wildman–Crippen LogP) is 3.10. The Morgan fingerprint density at radius 1 is 1.15 bits per heavy atom. The van der Waals surface area contributed by atoms with E-state index >= 15 is 0 Å². The van der Waals surface area contributed by atoms with Gasteiger partial charge >= 0.3 is 0 Å². The molecule has 4 heteroatoms. The van der Waals surface area contributed by atoms with Crippen molar-refractivity contribution in [2.24, 2.45) is 0 Å². The molecular formula is C16H19N3O. The minimum Gasteiger partial charge on any atom is -0.463 e. The summed E-state index contributed by atoms with van der Waals surface area (Å²) in [7, 11) is 0. The van der Waals surface area contributed by atoms with E-state index in [-0.39, 0.29) is 0 Å². The number of nitrogens with one attached hydrogen (secondary N) is 1. The number of para-hydroxylation sites is 2. The summed E-state index contributed by atoms with van der Waals surface area (Å²) in [4.78, 5) is 4.57. The van der Waals surface area contributed by atoms with Crippen molar-refractivity contribution in [2.45, 2.75) is 26.9 Å². The van der Waals surface area contributed by atoms with Gasteiger partial charge in [-0.25, -0.2) is 4.98 Å². The summed E-state index contributed by atoms with van der Waals surface area (Å²) in [6.07, 6.45) is 0. The van der Waals surface area contributed by atoms with Gasteiger partial charge in [0, 0.05) is 0 Å². The lowest BCUT2D eigenvalue weighted by atomic mass is 10.3. The van der Waals surface area contributed by atoms with Crippen LogP contribution in [0.2, 0.25) is 0 Å². The number of fused-ring (bicyclic) bond motifs is 1. The Labute approximate surface area is 118 Å². The zero-order valence-corrected chi connectivity index (χ0v) is 11.9. The van der Waals surface area contributed by atoms with E-state index in [0.29, 0.717) is 0 Å². The second-order valence-corrected chi connectivity index (χ2v) is 4.88. The highest BCUT2D eigenvalue weighted by Gasteiger charge is 2.09. The first kappa shape index (κ1) is 12.9. The Morgan fingerprint density at radius 3 is 2.80 bits per heavy atom. The van der Waals surface area contributed by atoms with Crippen molar-refractivity contribution in [3.8, 4) is 0 Å². The predicted molar refractivity (Wildman–Crippen MR) is 79.7 cm³/mol. The number of hydrogen-bond donors (Lipinski definition) is 1. The van der Waals surface area contributed by atoms with E-state index < -0.39 is 0 Å². The molecule has 0 spiro atoms. The zero-order valence-electron chi connectivity index (χ0n) is 11.9. The molecular weight excluding hydrogens is 250 g/mol. The Morgan fingerprint density at radius 2 is 1.95 bits per heavy atom. The topological polar surface area (TPSA) is 43.0 Å². The number of imidazole rings is 1. The molecule has 1 N–H and O–H groups in total. The molecule has 0 aliphatic heterocycles. The largest absolute Gasteiger partial charge is 0.463 e. The Kier molecular flexibility index (Phi) is 3.56. The summed E-state index contributed by atoms with van der Waals surface area (Å²) in [5.74, 6) is 2.95. The first-order valence-corrected chi connectivity index (χ1v) is 6.98. The fourth-order valence-corrected chi connectivity index (χ4v) is 2.40. The normalized spacial score (nSPS) is 11.3.